The molecule has 108 valence electrons. The van der Waals surface area contributed by atoms with Gasteiger partial charge in [-0.05, 0) is 42.2 Å². The van der Waals surface area contributed by atoms with Gasteiger partial charge in [-0.2, -0.15) is 0 Å². The molecule has 0 radical (unpaired) electrons. The van der Waals surface area contributed by atoms with Crippen molar-refractivity contribution in [3.8, 4) is 0 Å². The molecule has 1 atom stereocenters. The van der Waals surface area contributed by atoms with Crippen molar-refractivity contribution in [2.45, 2.75) is 19.4 Å². The van der Waals surface area contributed by atoms with Gasteiger partial charge >= 0.3 is 0 Å². The van der Waals surface area contributed by atoms with E-state index in [9.17, 15) is 4.79 Å². The Hall–Kier alpha value is -2.20. The van der Waals surface area contributed by atoms with Crippen LogP contribution in [-0.2, 0) is 17.8 Å². The van der Waals surface area contributed by atoms with Crippen LogP contribution in [0.2, 0.25) is 0 Å². The number of hydrogen-bond donors (Lipinski definition) is 1. The summed E-state index contributed by atoms with van der Waals surface area (Å²) in [4.78, 5) is 18.3. The average molecular weight is 282 g/mol. The van der Waals surface area contributed by atoms with Crippen molar-refractivity contribution in [3.05, 3.63) is 59.9 Å². The van der Waals surface area contributed by atoms with Gasteiger partial charge in [0, 0.05) is 30.5 Å². The fourth-order valence-electron chi connectivity index (χ4n) is 2.81. The summed E-state index contributed by atoms with van der Waals surface area (Å²) in [7, 11) is 0. The molecule has 1 aliphatic rings. The highest BCUT2D eigenvalue weighted by Crippen LogP contribution is 2.26. The molecule has 1 saturated heterocycles. The van der Waals surface area contributed by atoms with Crippen molar-refractivity contribution >= 4 is 11.6 Å². The van der Waals surface area contributed by atoms with E-state index in [4.69, 9.17) is 5.11 Å². The third-order valence-electron chi connectivity index (χ3n) is 3.83. The molecular formula is C17H18N2O2. The number of carbonyl (C=O) groups is 1. The second-order valence-corrected chi connectivity index (χ2v) is 5.43. The smallest absolute Gasteiger partial charge is 0.227 e. The first-order valence-electron chi connectivity index (χ1n) is 7.16. The second-order valence-electron chi connectivity index (χ2n) is 5.43. The Labute approximate surface area is 124 Å². The Kier molecular flexibility index (Phi) is 3.97. The maximum absolute atomic E-state index is 12.2. The molecule has 2 heterocycles. The van der Waals surface area contributed by atoms with Crippen LogP contribution >= 0.6 is 0 Å². The van der Waals surface area contributed by atoms with Gasteiger partial charge in [0.15, 0.2) is 0 Å². The molecule has 4 heteroatoms. The number of anilines is 1. The predicted octanol–water partition coefficient (Wildman–Crippen LogP) is 2.17. The number of pyridine rings is 1. The maximum atomic E-state index is 12.2. The first-order valence-corrected chi connectivity index (χ1v) is 7.16. The summed E-state index contributed by atoms with van der Waals surface area (Å²) in [6.07, 6.45) is 3.04. The molecule has 0 saturated carbocycles. The van der Waals surface area contributed by atoms with Gasteiger partial charge in [0.05, 0.1) is 6.61 Å². The van der Waals surface area contributed by atoms with E-state index in [0.717, 1.165) is 29.9 Å². The van der Waals surface area contributed by atoms with Crippen LogP contribution in [0, 0.1) is 5.92 Å². The van der Waals surface area contributed by atoms with E-state index in [0.29, 0.717) is 6.42 Å². The largest absolute Gasteiger partial charge is 0.392 e. The van der Waals surface area contributed by atoms with Crippen LogP contribution in [0.4, 0.5) is 5.69 Å². The molecular weight excluding hydrogens is 264 g/mol. The normalized spacial score (nSPS) is 18.2. The Morgan fingerprint density at radius 2 is 2.05 bits per heavy atom. The monoisotopic (exact) mass is 282 g/mol. The van der Waals surface area contributed by atoms with E-state index in [2.05, 4.69) is 4.98 Å². The number of nitrogens with zero attached hydrogens (tertiary/aromatic N) is 2. The van der Waals surface area contributed by atoms with Gasteiger partial charge in [-0.15, -0.1) is 0 Å². The summed E-state index contributed by atoms with van der Waals surface area (Å²) in [6, 6.07) is 13.5. The summed E-state index contributed by atoms with van der Waals surface area (Å²) < 4.78 is 0. The number of aliphatic hydroxyl groups excluding tert-OH is 1. The zero-order valence-corrected chi connectivity index (χ0v) is 11.8. The van der Waals surface area contributed by atoms with Crippen LogP contribution in [0.3, 0.4) is 0 Å². The van der Waals surface area contributed by atoms with Crippen molar-refractivity contribution < 1.29 is 9.90 Å². The zero-order valence-electron chi connectivity index (χ0n) is 11.8. The number of hydrogen-bond acceptors (Lipinski definition) is 3. The number of amides is 1. The first-order chi connectivity index (χ1) is 10.3. The highest BCUT2D eigenvalue weighted by Gasteiger charge is 2.30. The Bertz CT molecular complexity index is 628. The van der Waals surface area contributed by atoms with E-state index in [1.54, 1.807) is 12.3 Å². The molecule has 21 heavy (non-hydrogen) atoms. The van der Waals surface area contributed by atoms with Crippen LogP contribution in [-0.4, -0.2) is 22.5 Å². The standard InChI is InChI=1S/C17H18N2O2/c20-12-13-6-7-18-15(8-13)9-14-10-17(21)19(11-14)16-4-2-1-3-5-16/h1-8,14,20H,9-12H2/t14-/m0/s1. The van der Waals surface area contributed by atoms with Gasteiger partial charge in [-0.3, -0.25) is 9.78 Å². The predicted molar refractivity (Wildman–Crippen MR) is 80.8 cm³/mol. The van der Waals surface area contributed by atoms with E-state index in [1.807, 2.05) is 41.3 Å². The van der Waals surface area contributed by atoms with E-state index in [-0.39, 0.29) is 18.4 Å². The summed E-state index contributed by atoms with van der Waals surface area (Å²) >= 11 is 0. The van der Waals surface area contributed by atoms with Gasteiger partial charge < -0.3 is 10.0 Å². The lowest BCUT2D eigenvalue weighted by atomic mass is 10.0. The third-order valence-corrected chi connectivity index (χ3v) is 3.83. The second kappa shape index (κ2) is 6.06. The molecule has 3 rings (SSSR count). The summed E-state index contributed by atoms with van der Waals surface area (Å²) in [5.74, 6) is 0.448. The zero-order chi connectivity index (χ0) is 14.7. The average Bonchev–Trinajstić information content (AvgIpc) is 2.89. The van der Waals surface area contributed by atoms with Crippen molar-refractivity contribution in [3.63, 3.8) is 0 Å². The van der Waals surface area contributed by atoms with E-state index >= 15 is 0 Å². The van der Waals surface area contributed by atoms with Crippen molar-refractivity contribution in [2.75, 3.05) is 11.4 Å². The van der Waals surface area contributed by atoms with Gasteiger partial charge in [-0.1, -0.05) is 18.2 Å². The minimum Gasteiger partial charge on any atom is -0.392 e. The van der Waals surface area contributed by atoms with Crippen molar-refractivity contribution in [1.29, 1.82) is 0 Å². The minimum atomic E-state index is 0.0231. The SMILES string of the molecule is O=C1C[C@H](Cc2cc(CO)ccn2)CN1c1ccccc1. The van der Waals surface area contributed by atoms with Crippen LogP contribution in [0.25, 0.3) is 0 Å². The maximum Gasteiger partial charge on any atom is 0.227 e. The highest BCUT2D eigenvalue weighted by atomic mass is 16.3. The van der Waals surface area contributed by atoms with Crippen LogP contribution in [0.15, 0.2) is 48.7 Å². The molecule has 1 amide bonds. The van der Waals surface area contributed by atoms with Crippen LogP contribution < -0.4 is 4.90 Å². The van der Waals surface area contributed by atoms with Gasteiger partial charge in [0.25, 0.3) is 0 Å². The number of aliphatic hydroxyl groups is 1. The Morgan fingerprint density at radius 1 is 1.24 bits per heavy atom. The van der Waals surface area contributed by atoms with Crippen molar-refractivity contribution in [1.82, 2.24) is 4.98 Å². The van der Waals surface area contributed by atoms with E-state index in [1.165, 1.54) is 0 Å². The summed E-state index contributed by atoms with van der Waals surface area (Å²) in [6.45, 7) is 0.753. The summed E-state index contributed by atoms with van der Waals surface area (Å²) in [5.41, 5.74) is 2.76. The molecule has 0 unspecified atom stereocenters. The first kappa shape index (κ1) is 13.8. The number of carbonyl (C=O) groups excluding carboxylic acids is 1. The van der Waals surface area contributed by atoms with Crippen LogP contribution in [0.5, 0.6) is 0 Å². The topological polar surface area (TPSA) is 53.4 Å². The fourth-order valence-corrected chi connectivity index (χ4v) is 2.81. The molecule has 1 aromatic heterocycles. The third kappa shape index (κ3) is 3.11. The minimum absolute atomic E-state index is 0.0231. The number of benzene rings is 1. The lowest BCUT2D eigenvalue weighted by molar-refractivity contribution is -0.117. The molecule has 0 aliphatic carbocycles. The molecule has 2 aromatic rings. The lowest BCUT2D eigenvalue weighted by Crippen LogP contribution is -2.24. The molecule has 1 aliphatic heterocycles. The van der Waals surface area contributed by atoms with Crippen molar-refractivity contribution in [2.24, 2.45) is 5.92 Å². The molecule has 1 fully saturated rings. The molecule has 1 N–H and O–H groups in total. The van der Waals surface area contributed by atoms with Gasteiger partial charge in [0.1, 0.15) is 0 Å². The molecule has 1 aromatic carbocycles. The summed E-state index contributed by atoms with van der Waals surface area (Å²) in [5, 5.41) is 9.17. The fraction of sp³-hybridized carbons (Fsp3) is 0.294. The quantitative estimate of drug-likeness (QED) is 0.935. The van der Waals surface area contributed by atoms with E-state index < -0.39 is 0 Å². The molecule has 0 bridgehead atoms. The van der Waals surface area contributed by atoms with Gasteiger partial charge in [0.2, 0.25) is 5.91 Å². The lowest BCUT2D eigenvalue weighted by Gasteiger charge is -2.16. The van der Waals surface area contributed by atoms with Gasteiger partial charge in [-0.25, -0.2) is 0 Å². The Morgan fingerprint density at radius 3 is 2.81 bits per heavy atom. The Balaban J connectivity index is 1.70. The van der Waals surface area contributed by atoms with Crippen LogP contribution in [0.1, 0.15) is 17.7 Å². The number of para-hydroxylation sites is 1. The molecule has 0 spiro atoms. The number of rotatable bonds is 4. The number of aromatic nitrogens is 1. The molecule has 4 nitrogen and oxygen atoms in total. The highest BCUT2D eigenvalue weighted by molar-refractivity contribution is 5.95.